The van der Waals surface area contributed by atoms with E-state index in [2.05, 4.69) is 39.0 Å². The van der Waals surface area contributed by atoms with Crippen molar-refractivity contribution in [2.75, 3.05) is 0 Å². The first kappa shape index (κ1) is 16.4. The van der Waals surface area contributed by atoms with Crippen LogP contribution in [-0.2, 0) is 5.41 Å². The molecule has 0 aliphatic carbocycles. The summed E-state index contributed by atoms with van der Waals surface area (Å²) in [5.41, 5.74) is 3.39. The van der Waals surface area contributed by atoms with E-state index >= 15 is 0 Å². The van der Waals surface area contributed by atoms with Gasteiger partial charge in [0, 0.05) is 12.1 Å². The lowest BCUT2D eigenvalue weighted by Crippen LogP contribution is -2.10. The van der Waals surface area contributed by atoms with E-state index in [4.69, 9.17) is 0 Å². The van der Waals surface area contributed by atoms with Crippen molar-refractivity contribution >= 4 is 17.3 Å². The van der Waals surface area contributed by atoms with Gasteiger partial charge < -0.3 is 0 Å². The zero-order chi connectivity index (χ0) is 17.0. The molecule has 2 aromatic carbocycles. The number of benzene rings is 2. The summed E-state index contributed by atoms with van der Waals surface area (Å²) < 4.78 is 0. The Morgan fingerprint density at radius 3 is 2.09 bits per heavy atom. The zero-order valence-corrected chi connectivity index (χ0v) is 13.4. The lowest BCUT2D eigenvalue weighted by molar-refractivity contribution is -0.384. The number of hydrogen-bond donors (Lipinski definition) is 0. The van der Waals surface area contributed by atoms with E-state index in [0.29, 0.717) is 11.1 Å². The highest BCUT2D eigenvalue weighted by Gasteiger charge is 2.12. The van der Waals surface area contributed by atoms with Gasteiger partial charge in [0.05, 0.1) is 16.6 Å². The predicted molar refractivity (Wildman–Crippen MR) is 91.7 cm³/mol. The lowest BCUT2D eigenvalue weighted by Gasteiger charge is -2.18. The Morgan fingerprint density at radius 1 is 1.09 bits per heavy atom. The maximum Gasteiger partial charge on any atom is 0.269 e. The van der Waals surface area contributed by atoms with Gasteiger partial charge in [0.15, 0.2) is 0 Å². The van der Waals surface area contributed by atoms with E-state index in [1.54, 1.807) is 18.2 Å². The van der Waals surface area contributed by atoms with Gasteiger partial charge in [-0.25, -0.2) is 0 Å². The van der Waals surface area contributed by atoms with E-state index in [1.165, 1.54) is 17.7 Å². The minimum absolute atomic E-state index is 0.0144. The van der Waals surface area contributed by atoms with Crippen LogP contribution in [0.4, 0.5) is 5.69 Å². The second-order valence-corrected chi connectivity index (χ2v) is 6.35. The molecule has 0 unspecified atom stereocenters. The summed E-state index contributed by atoms with van der Waals surface area (Å²) in [5, 5.41) is 20.0. The number of hydrogen-bond acceptors (Lipinski definition) is 3. The van der Waals surface area contributed by atoms with Crippen molar-refractivity contribution < 1.29 is 4.92 Å². The van der Waals surface area contributed by atoms with Crippen LogP contribution in [-0.4, -0.2) is 4.92 Å². The van der Waals surface area contributed by atoms with Crippen LogP contribution >= 0.6 is 0 Å². The highest BCUT2D eigenvalue weighted by molar-refractivity contribution is 5.89. The molecule has 4 heteroatoms. The van der Waals surface area contributed by atoms with Gasteiger partial charge in [-0.05, 0) is 40.3 Å². The molecule has 0 radical (unpaired) electrons. The number of non-ortho nitro benzene ring substituents is 1. The quantitative estimate of drug-likeness (QED) is 0.348. The third kappa shape index (κ3) is 4.04. The SMILES string of the molecule is CC(C)(C)c1ccc(C=C(C#N)c2ccc([N+](=O)[O-])cc2)cc1. The second-order valence-electron chi connectivity index (χ2n) is 6.35. The number of rotatable bonds is 3. The average molecular weight is 306 g/mol. The number of nitrogens with zero attached hydrogens (tertiary/aromatic N) is 2. The summed E-state index contributed by atoms with van der Waals surface area (Å²) in [4.78, 5) is 10.2. The molecule has 23 heavy (non-hydrogen) atoms. The Labute approximate surface area is 135 Å². The minimum atomic E-state index is -0.454. The molecule has 0 aliphatic heterocycles. The van der Waals surface area contributed by atoms with Crippen molar-refractivity contribution in [2.45, 2.75) is 26.2 Å². The molecule has 0 aliphatic rings. The number of nitro groups is 1. The van der Waals surface area contributed by atoms with E-state index < -0.39 is 4.92 Å². The van der Waals surface area contributed by atoms with Crippen LogP contribution < -0.4 is 0 Å². The summed E-state index contributed by atoms with van der Waals surface area (Å²) in [6.45, 7) is 6.44. The van der Waals surface area contributed by atoms with Crippen molar-refractivity contribution in [3.63, 3.8) is 0 Å². The van der Waals surface area contributed by atoms with Gasteiger partial charge in [0.25, 0.3) is 5.69 Å². The first-order chi connectivity index (χ1) is 10.8. The van der Waals surface area contributed by atoms with Crippen LogP contribution in [0, 0.1) is 21.4 Å². The summed E-state index contributed by atoms with van der Waals surface area (Å²) in [7, 11) is 0. The molecule has 0 saturated heterocycles. The van der Waals surface area contributed by atoms with E-state index in [1.807, 2.05) is 12.1 Å². The first-order valence-corrected chi connectivity index (χ1v) is 7.28. The average Bonchev–Trinajstić information content (AvgIpc) is 2.52. The molecule has 0 saturated carbocycles. The maximum atomic E-state index is 10.7. The van der Waals surface area contributed by atoms with E-state index in [9.17, 15) is 15.4 Å². The molecule has 2 rings (SSSR count). The van der Waals surface area contributed by atoms with Gasteiger partial charge in [-0.15, -0.1) is 0 Å². The van der Waals surface area contributed by atoms with Crippen molar-refractivity contribution in [3.8, 4) is 6.07 Å². The van der Waals surface area contributed by atoms with Gasteiger partial charge in [-0.2, -0.15) is 5.26 Å². The fourth-order valence-electron chi connectivity index (χ4n) is 2.19. The number of nitro benzene ring substituents is 1. The largest absolute Gasteiger partial charge is 0.269 e. The Kier molecular flexibility index (Phi) is 4.61. The van der Waals surface area contributed by atoms with Crippen LogP contribution in [0.3, 0.4) is 0 Å². The molecule has 0 heterocycles. The summed E-state index contributed by atoms with van der Waals surface area (Å²) in [6, 6.07) is 16.2. The third-order valence-corrected chi connectivity index (χ3v) is 3.60. The summed E-state index contributed by atoms with van der Waals surface area (Å²) in [6.07, 6.45) is 1.79. The molecule has 0 atom stereocenters. The molecule has 2 aromatic rings. The Bertz CT molecular complexity index is 774. The van der Waals surface area contributed by atoms with Crippen molar-refractivity contribution in [1.82, 2.24) is 0 Å². The van der Waals surface area contributed by atoms with Crippen molar-refractivity contribution in [3.05, 3.63) is 75.3 Å². The zero-order valence-electron chi connectivity index (χ0n) is 13.4. The number of nitriles is 1. The molecule has 116 valence electrons. The number of allylic oxidation sites excluding steroid dienone is 1. The Hall–Kier alpha value is -2.93. The summed E-state index contributed by atoms with van der Waals surface area (Å²) >= 11 is 0. The van der Waals surface area contributed by atoms with E-state index in [0.717, 1.165) is 5.56 Å². The smallest absolute Gasteiger partial charge is 0.258 e. The molecule has 0 N–H and O–H groups in total. The highest BCUT2D eigenvalue weighted by Crippen LogP contribution is 2.24. The minimum Gasteiger partial charge on any atom is -0.258 e. The Morgan fingerprint density at radius 2 is 1.65 bits per heavy atom. The van der Waals surface area contributed by atoms with Gasteiger partial charge >= 0.3 is 0 Å². The van der Waals surface area contributed by atoms with Crippen LogP contribution in [0.25, 0.3) is 11.6 Å². The molecule has 0 fully saturated rings. The topological polar surface area (TPSA) is 66.9 Å². The van der Waals surface area contributed by atoms with Gasteiger partial charge in [0.2, 0.25) is 0 Å². The van der Waals surface area contributed by atoms with Crippen LogP contribution in [0.15, 0.2) is 48.5 Å². The van der Waals surface area contributed by atoms with E-state index in [-0.39, 0.29) is 11.1 Å². The van der Waals surface area contributed by atoms with Crippen molar-refractivity contribution in [2.24, 2.45) is 0 Å². The fraction of sp³-hybridized carbons (Fsp3) is 0.211. The molecule has 0 bridgehead atoms. The van der Waals surface area contributed by atoms with Crippen LogP contribution in [0.1, 0.15) is 37.5 Å². The second kappa shape index (κ2) is 6.45. The molecule has 0 spiro atoms. The summed E-state index contributed by atoms with van der Waals surface area (Å²) in [5.74, 6) is 0. The monoisotopic (exact) mass is 306 g/mol. The molecular formula is C19H18N2O2. The standard InChI is InChI=1S/C19H18N2O2/c1-19(2,3)17-8-4-14(5-9-17)12-16(13-20)15-6-10-18(11-7-15)21(22)23/h4-12H,1-3H3. The lowest BCUT2D eigenvalue weighted by atomic mass is 9.86. The molecule has 0 amide bonds. The van der Waals surface area contributed by atoms with Gasteiger partial charge in [-0.3, -0.25) is 10.1 Å². The predicted octanol–water partition coefficient (Wildman–Crippen LogP) is 4.96. The maximum absolute atomic E-state index is 10.7. The van der Waals surface area contributed by atoms with Crippen LogP contribution in [0.2, 0.25) is 0 Å². The van der Waals surface area contributed by atoms with Gasteiger partial charge in [-0.1, -0.05) is 45.0 Å². The molecular weight excluding hydrogens is 288 g/mol. The molecule has 0 aromatic heterocycles. The highest BCUT2D eigenvalue weighted by atomic mass is 16.6. The van der Waals surface area contributed by atoms with Crippen LogP contribution in [0.5, 0.6) is 0 Å². The first-order valence-electron chi connectivity index (χ1n) is 7.28. The normalized spacial score (nSPS) is 11.8. The third-order valence-electron chi connectivity index (χ3n) is 3.60. The Balaban J connectivity index is 2.32. The van der Waals surface area contributed by atoms with Gasteiger partial charge in [0.1, 0.15) is 0 Å². The molecule has 4 nitrogen and oxygen atoms in total. The fourth-order valence-corrected chi connectivity index (χ4v) is 2.19. The van der Waals surface area contributed by atoms with Crippen molar-refractivity contribution in [1.29, 1.82) is 5.26 Å².